The molecule has 6 aromatic rings. The molecule has 0 radical (unpaired) electrons. The zero-order valence-electron chi connectivity index (χ0n) is 22.2. The zero-order valence-corrected chi connectivity index (χ0v) is 22.2. The zero-order chi connectivity index (χ0) is 26.9. The molecule has 0 atom stereocenters. The van der Waals surface area contributed by atoms with Crippen LogP contribution in [0.4, 0.5) is 51.2 Å². The van der Waals surface area contributed by atoms with Crippen LogP contribution in [0.15, 0.2) is 146 Å². The quantitative estimate of drug-likeness (QED) is 0.216. The van der Waals surface area contributed by atoms with Crippen molar-refractivity contribution in [3.8, 4) is 5.75 Å². The predicted octanol–water partition coefficient (Wildman–Crippen LogP) is 8.22. The normalized spacial score (nSPS) is 13.7. The van der Waals surface area contributed by atoms with E-state index in [2.05, 4.69) is 130 Å². The van der Waals surface area contributed by atoms with Gasteiger partial charge in [-0.05, 0) is 71.6 Å². The molecule has 192 valence electrons. The average molecular weight is 525 g/mol. The lowest BCUT2D eigenvalue weighted by Crippen LogP contribution is -2.56. The molecule has 0 N–H and O–H groups in total. The topological polar surface area (TPSA) is 19.0 Å². The van der Waals surface area contributed by atoms with Gasteiger partial charge in [0.1, 0.15) is 0 Å². The number of hydrogen-bond acceptors (Lipinski definition) is 4. The van der Waals surface area contributed by atoms with E-state index in [4.69, 9.17) is 4.65 Å². The maximum absolute atomic E-state index is 6.86. The Balaban J connectivity index is 1.39. The molecule has 3 aliphatic heterocycles. The minimum atomic E-state index is -0.263. The highest BCUT2D eigenvalue weighted by Crippen LogP contribution is 2.63. The van der Waals surface area contributed by atoms with Crippen molar-refractivity contribution >= 4 is 69.0 Å². The van der Waals surface area contributed by atoms with Crippen molar-refractivity contribution in [1.29, 1.82) is 0 Å². The van der Waals surface area contributed by atoms with E-state index in [1.807, 2.05) is 30.3 Å². The highest BCUT2D eigenvalue weighted by molar-refractivity contribution is 6.84. The van der Waals surface area contributed by atoms with Crippen LogP contribution in [0.3, 0.4) is 0 Å². The van der Waals surface area contributed by atoms with Crippen LogP contribution < -0.4 is 30.3 Å². The van der Waals surface area contributed by atoms with Gasteiger partial charge in [-0.3, -0.25) is 0 Å². The SMILES string of the molecule is c1ccc(OB2c3cccc4c3N3c5c2cccc5N(c2ccccc2)c2cccc(c23)N4c2ccccc2)cc1. The van der Waals surface area contributed by atoms with Crippen LogP contribution in [-0.4, -0.2) is 6.92 Å². The molecular formula is C36H24BN3O. The molecule has 6 aromatic carbocycles. The Morgan fingerprint density at radius 2 is 0.780 bits per heavy atom. The fourth-order valence-electron chi connectivity index (χ4n) is 6.71. The lowest BCUT2D eigenvalue weighted by Gasteiger charge is -2.50. The molecule has 3 aliphatic rings. The monoisotopic (exact) mass is 525 g/mol. The first-order valence-electron chi connectivity index (χ1n) is 14.0. The van der Waals surface area contributed by atoms with Crippen LogP contribution in [0.25, 0.3) is 0 Å². The van der Waals surface area contributed by atoms with Gasteiger partial charge < -0.3 is 19.4 Å². The lowest BCUT2D eigenvalue weighted by atomic mass is 9.51. The van der Waals surface area contributed by atoms with Crippen LogP contribution >= 0.6 is 0 Å². The highest BCUT2D eigenvalue weighted by Gasteiger charge is 2.47. The highest BCUT2D eigenvalue weighted by atomic mass is 16.4. The van der Waals surface area contributed by atoms with Gasteiger partial charge in [0.15, 0.2) is 0 Å². The molecule has 0 fully saturated rings. The molecule has 0 spiro atoms. The van der Waals surface area contributed by atoms with E-state index in [1.54, 1.807) is 0 Å². The minimum absolute atomic E-state index is 0.263. The van der Waals surface area contributed by atoms with Crippen molar-refractivity contribution < 1.29 is 4.65 Å². The van der Waals surface area contributed by atoms with E-state index in [0.29, 0.717) is 0 Å². The summed E-state index contributed by atoms with van der Waals surface area (Å²) in [5, 5.41) is 0. The van der Waals surface area contributed by atoms with Crippen LogP contribution in [0, 0.1) is 0 Å². The molecular weight excluding hydrogens is 501 g/mol. The first kappa shape index (κ1) is 22.4. The Labute approximate surface area is 239 Å². The predicted molar refractivity (Wildman–Crippen MR) is 170 cm³/mol. The second-order valence-electron chi connectivity index (χ2n) is 10.6. The van der Waals surface area contributed by atoms with Crippen molar-refractivity contribution in [2.24, 2.45) is 0 Å². The molecule has 41 heavy (non-hydrogen) atoms. The molecule has 0 aliphatic carbocycles. The standard InChI is InChI=1S/C36H24BN3O/c1-4-13-25(14-5-1)38-30-21-10-19-28-34(30)40-35-29(37(28)41-27-17-8-3-9-18-27)20-11-22-31(35)39(26-15-6-2-7-16-26)33-24-12-23-32(38)36(33)40/h1-24H. The Bertz CT molecular complexity index is 1830. The molecule has 0 unspecified atom stereocenters. The van der Waals surface area contributed by atoms with Gasteiger partial charge in [0.25, 0.3) is 0 Å². The van der Waals surface area contributed by atoms with Gasteiger partial charge in [0.2, 0.25) is 0 Å². The summed E-state index contributed by atoms with van der Waals surface area (Å²) < 4.78 is 6.86. The summed E-state index contributed by atoms with van der Waals surface area (Å²) >= 11 is 0. The maximum atomic E-state index is 6.86. The molecule has 0 amide bonds. The summed E-state index contributed by atoms with van der Waals surface area (Å²) in [6.45, 7) is -0.263. The fourth-order valence-corrected chi connectivity index (χ4v) is 6.71. The number of rotatable bonds is 4. The summed E-state index contributed by atoms with van der Waals surface area (Å²) in [5.41, 5.74) is 12.7. The lowest BCUT2D eigenvalue weighted by molar-refractivity contribution is 0.591. The summed E-state index contributed by atoms with van der Waals surface area (Å²) in [6, 6.07) is 51.4. The largest absolute Gasteiger partial charge is 0.551 e. The number of anilines is 9. The Morgan fingerprint density at radius 3 is 1.27 bits per heavy atom. The molecule has 3 heterocycles. The van der Waals surface area contributed by atoms with Crippen molar-refractivity contribution in [2.75, 3.05) is 14.7 Å². The first-order valence-corrected chi connectivity index (χ1v) is 14.0. The van der Waals surface area contributed by atoms with Crippen molar-refractivity contribution in [2.45, 2.75) is 0 Å². The average Bonchev–Trinajstić information content (AvgIpc) is 3.04. The van der Waals surface area contributed by atoms with Gasteiger partial charge in [-0.15, -0.1) is 0 Å². The molecule has 0 aromatic heterocycles. The van der Waals surface area contributed by atoms with Gasteiger partial charge in [-0.2, -0.15) is 0 Å². The molecule has 0 bridgehead atoms. The third-order valence-corrected chi connectivity index (χ3v) is 8.31. The second-order valence-corrected chi connectivity index (χ2v) is 10.6. The van der Waals surface area contributed by atoms with Gasteiger partial charge in [-0.1, -0.05) is 84.9 Å². The minimum Gasteiger partial charge on any atom is -0.551 e. The number of benzene rings is 6. The van der Waals surface area contributed by atoms with Crippen molar-refractivity contribution in [3.63, 3.8) is 0 Å². The first-order chi connectivity index (χ1) is 20.4. The van der Waals surface area contributed by atoms with Gasteiger partial charge in [-0.25, -0.2) is 0 Å². The number of nitrogens with zero attached hydrogens (tertiary/aromatic N) is 3. The molecule has 9 rings (SSSR count). The molecule has 0 saturated carbocycles. The fraction of sp³-hybridized carbons (Fsp3) is 0. The van der Waals surface area contributed by atoms with E-state index >= 15 is 0 Å². The van der Waals surface area contributed by atoms with Crippen LogP contribution in [0.2, 0.25) is 0 Å². The maximum Gasteiger partial charge on any atom is 0.430 e. The Hall–Kier alpha value is -5.42. The third kappa shape index (κ3) is 3.11. The second kappa shape index (κ2) is 8.54. The smallest absolute Gasteiger partial charge is 0.430 e. The van der Waals surface area contributed by atoms with E-state index in [-0.39, 0.29) is 6.92 Å². The summed E-state index contributed by atoms with van der Waals surface area (Å²) in [5.74, 6) is 0.855. The molecule has 4 nitrogen and oxygen atoms in total. The van der Waals surface area contributed by atoms with E-state index in [1.165, 1.54) is 17.1 Å². The summed E-state index contributed by atoms with van der Waals surface area (Å²) in [7, 11) is 0. The van der Waals surface area contributed by atoms with Crippen LogP contribution in [0.1, 0.15) is 0 Å². The molecule has 0 saturated heterocycles. The molecule has 5 heteroatoms. The summed E-state index contributed by atoms with van der Waals surface area (Å²) in [6.07, 6.45) is 0. The van der Waals surface area contributed by atoms with Gasteiger partial charge in [0.05, 0.1) is 45.6 Å². The van der Waals surface area contributed by atoms with Crippen LogP contribution in [-0.2, 0) is 0 Å². The Morgan fingerprint density at radius 1 is 0.366 bits per heavy atom. The number of hydrogen-bond donors (Lipinski definition) is 0. The van der Waals surface area contributed by atoms with Crippen molar-refractivity contribution in [1.82, 2.24) is 0 Å². The van der Waals surface area contributed by atoms with Gasteiger partial charge >= 0.3 is 6.92 Å². The van der Waals surface area contributed by atoms with Crippen LogP contribution in [0.5, 0.6) is 5.75 Å². The summed E-state index contributed by atoms with van der Waals surface area (Å²) in [4.78, 5) is 7.29. The van der Waals surface area contributed by atoms with Gasteiger partial charge in [0, 0.05) is 11.4 Å². The number of para-hydroxylation sites is 6. The van der Waals surface area contributed by atoms with E-state index in [0.717, 1.165) is 50.8 Å². The van der Waals surface area contributed by atoms with Crippen molar-refractivity contribution in [3.05, 3.63) is 146 Å². The Kier molecular flexibility index (Phi) is 4.67. The van der Waals surface area contributed by atoms with E-state index < -0.39 is 0 Å². The van der Waals surface area contributed by atoms with E-state index in [9.17, 15) is 0 Å². The third-order valence-electron chi connectivity index (χ3n) is 8.31.